The number of benzene rings is 1. The van der Waals surface area contributed by atoms with Crippen molar-refractivity contribution in [2.45, 2.75) is 25.7 Å². The van der Waals surface area contributed by atoms with E-state index in [0.717, 1.165) is 11.7 Å². The lowest BCUT2D eigenvalue weighted by Crippen LogP contribution is -2.22. The Morgan fingerprint density at radius 2 is 2.17 bits per heavy atom. The fraction of sp³-hybridized carbons (Fsp3) is 0.600. The number of halogens is 1. The highest BCUT2D eigenvalue weighted by Crippen LogP contribution is 2.46. The predicted molar refractivity (Wildman–Crippen MR) is 76.9 cm³/mol. The first-order chi connectivity index (χ1) is 8.33. The Balaban J connectivity index is 0.00000120. The van der Waals surface area contributed by atoms with Crippen LogP contribution in [-0.2, 0) is 6.42 Å². The Morgan fingerprint density at radius 3 is 2.89 bits per heavy atom. The fourth-order valence-electron chi connectivity index (χ4n) is 3.64. The topological polar surface area (TPSA) is 12.5 Å². The molecular formula is C15H22ClNO. The second kappa shape index (κ2) is 5.50. The summed E-state index contributed by atoms with van der Waals surface area (Å²) in [4.78, 5) is 2.62. The number of rotatable bonds is 3. The van der Waals surface area contributed by atoms with Crippen LogP contribution in [0, 0.1) is 5.92 Å². The minimum Gasteiger partial charge on any atom is -0.496 e. The summed E-state index contributed by atoms with van der Waals surface area (Å²) in [6.07, 6.45) is 2.51. The van der Waals surface area contributed by atoms with Gasteiger partial charge < -0.3 is 9.64 Å². The zero-order chi connectivity index (χ0) is 11.8. The monoisotopic (exact) mass is 267 g/mol. The molecule has 0 N–H and O–H groups in total. The van der Waals surface area contributed by atoms with Crippen LogP contribution in [0.15, 0.2) is 18.2 Å². The Labute approximate surface area is 116 Å². The third-order valence-electron chi connectivity index (χ3n) is 4.29. The highest BCUT2D eigenvalue weighted by Gasteiger charge is 2.40. The molecule has 2 unspecified atom stereocenters. The third-order valence-corrected chi connectivity index (χ3v) is 4.29. The summed E-state index contributed by atoms with van der Waals surface area (Å²) < 4.78 is 5.54. The quantitative estimate of drug-likeness (QED) is 0.835. The van der Waals surface area contributed by atoms with Crippen LogP contribution in [0.2, 0.25) is 0 Å². The molecule has 1 aliphatic heterocycles. The molecule has 2 aliphatic rings. The zero-order valence-electron chi connectivity index (χ0n) is 11.2. The van der Waals surface area contributed by atoms with Crippen LogP contribution in [0.25, 0.3) is 0 Å². The van der Waals surface area contributed by atoms with Crippen LogP contribution in [0.5, 0.6) is 5.75 Å². The molecule has 1 saturated heterocycles. The summed E-state index contributed by atoms with van der Waals surface area (Å²) in [7, 11) is 1.79. The lowest BCUT2D eigenvalue weighted by molar-refractivity contribution is 0.321. The first kappa shape index (κ1) is 13.7. The number of likely N-dealkylation sites (tertiary alicyclic amines) is 1. The van der Waals surface area contributed by atoms with Crippen molar-refractivity contribution in [1.29, 1.82) is 0 Å². The van der Waals surface area contributed by atoms with E-state index in [2.05, 4.69) is 30.0 Å². The maximum Gasteiger partial charge on any atom is 0.122 e. The molecule has 18 heavy (non-hydrogen) atoms. The molecule has 1 aromatic rings. The van der Waals surface area contributed by atoms with Gasteiger partial charge in [0.05, 0.1) is 7.11 Å². The predicted octanol–water partition coefficient (Wildman–Crippen LogP) is 3.10. The van der Waals surface area contributed by atoms with Crippen LogP contribution >= 0.6 is 12.4 Å². The van der Waals surface area contributed by atoms with E-state index in [1.54, 1.807) is 7.11 Å². The second-order valence-corrected chi connectivity index (χ2v) is 5.36. The van der Waals surface area contributed by atoms with E-state index >= 15 is 0 Å². The van der Waals surface area contributed by atoms with Crippen molar-refractivity contribution in [3.63, 3.8) is 0 Å². The van der Waals surface area contributed by atoms with Crippen molar-refractivity contribution in [3.05, 3.63) is 29.3 Å². The Morgan fingerprint density at radius 1 is 1.33 bits per heavy atom. The zero-order valence-corrected chi connectivity index (χ0v) is 12.0. The first-order valence-corrected chi connectivity index (χ1v) is 6.71. The fourth-order valence-corrected chi connectivity index (χ4v) is 3.64. The van der Waals surface area contributed by atoms with Gasteiger partial charge in [0, 0.05) is 24.6 Å². The van der Waals surface area contributed by atoms with Gasteiger partial charge in [-0.15, -0.1) is 12.4 Å². The minimum atomic E-state index is 0. The number of hydrogen-bond acceptors (Lipinski definition) is 2. The molecule has 0 saturated carbocycles. The van der Waals surface area contributed by atoms with Gasteiger partial charge in [-0.3, -0.25) is 0 Å². The van der Waals surface area contributed by atoms with Gasteiger partial charge in [-0.2, -0.15) is 0 Å². The van der Waals surface area contributed by atoms with Crippen molar-refractivity contribution >= 4 is 12.4 Å². The minimum absolute atomic E-state index is 0. The normalized spacial score (nSPS) is 25.4. The summed E-state index contributed by atoms with van der Waals surface area (Å²) in [5.41, 5.74) is 3.02. The Kier molecular flexibility index (Phi) is 4.18. The van der Waals surface area contributed by atoms with E-state index in [1.165, 1.54) is 43.6 Å². The number of methoxy groups -OCH3 is 1. The SMILES string of the molecule is CCCN1CC2Cc3cccc(OC)c3C2C1.Cl. The van der Waals surface area contributed by atoms with Gasteiger partial charge in [0.15, 0.2) is 0 Å². The molecular weight excluding hydrogens is 246 g/mol. The summed E-state index contributed by atoms with van der Waals surface area (Å²) in [5.74, 6) is 2.65. The molecule has 1 fully saturated rings. The van der Waals surface area contributed by atoms with E-state index < -0.39 is 0 Å². The molecule has 0 spiro atoms. The molecule has 3 heteroatoms. The number of nitrogens with zero attached hydrogens (tertiary/aromatic N) is 1. The molecule has 3 rings (SSSR count). The number of hydrogen-bond donors (Lipinski definition) is 0. The van der Waals surface area contributed by atoms with Gasteiger partial charge in [-0.1, -0.05) is 19.1 Å². The second-order valence-electron chi connectivity index (χ2n) is 5.36. The van der Waals surface area contributed by atoms with Crippen LogP contribution in [0.3, 0.4) is 0 Å². The van der Waals surface area contributed by atoms with E-state index in [-0.39, 0.29) is 12.4 Å². The van der Waals surface area contributed by atoms with Gasteiger partial charge in [-0.25, -0.2) is 0 Å². The van der Waals surface area contributed by atoms with Crippen molar-refractivity contribution < 1.29 is 4.74 Å². The Bertz CT molecular complexity index is 421. The molecule has 2 atom stereocenters. The van der Waals surface area contributed by atoms with Crippen LogP contribution in [0.4, 0.5) is 0 Å². The molecule has 0 radical (unpaired) electrons. The van der Waals surface area contributed by atoms with E-state index in [4.69, 9.17) is 4.74 Å². The Hall–Kier alpha value is -0.730. The van der Waals surface area contributed by atoms with Gasteiger partial charge in [0.1, 0.15) is 5.75 Å². The van der Waals surface area contributed by atoms with Gasteiger partial charge in [0.25, 0.3) is 0 Å². The average molecular weight is 268 g/mol. The van der Waals surface area contributed by atoms with E-state index in [0.29, 0.717) is 5.92 Å². The summed E-state index contributed by atoms with van der Waals surface area (Å²) in [6, 6.07) is 6.52. The largest absolute Gasteiger partial charge is 0.496 e. The van der Waals surface area contributed by atoms with Gasteiger partial charge in [0.2, 0.25) is 0 Å². The number of ether oxygens (including phenoxy) is 1. The summed E-state index contributed by atoms with van der Waals surface area (Å²) >= 11 is 0. The molecule has 1 heterocycles. The number of fused-ring (bicyclic) bond motifs is 3. The smallest absolute Gasteiger partial charge is 0.122 e. The summed E-state index contributed by atoms with van der Waals surface area (Å²) in [5, 5.41) is 0. The van der Waals surface area contributed by atoms with E-state index in [9.17, 15) is 0 Å². The van der Waals surface area contributed by atoms with Gasteiger partial charge >= 0.3 is 0 Å². The molecule has 0 amide bonds. The van der Waals surface area contributed by atoms with Gasteiger partial charge in [-0.05, 0) is 36.9 Å². The average Bonchev–Trinajstić information content (AvgIpc) is 2.85. The molecule has 1 aromatic carbocycles. The van der Waals surface area contributed by atoms with Crippen molar-refractivity contribution in [2.75, 3.05) is 26.7 Å². The lowest BCUT2D eigenvalue weighted by atomic mass is 9.96. The van der Waals surface area contributed by atoms with Crippen LogP contribution < -0.4 is 4.74 Å². The highest BCUT2D eigenvalue weighted by molar-refractivity contribution is 5.85. The van der Waals surface area contributed by atoms with Crippen LogP contribution in [-0.4, -0.2) is 31.6 Å². The third kappa shape index (κ3) is 2.12. The summed E-state index contributed by atoms with van der Waals surface area (Å²) in [6.45, 7) is 6.02. The molecule has 100 valence electrons. The standard InChI is InChI=1S/C15H21NO.ClH/c1-3-7-16-9-12-8-11-5-4-6-14(17-2)15(11)13(12)10-16;/h4-6,12-13H,3,7-10H2,1-2H3;1H. The van der Waals surface area contributed by atoms with Crippen LogP contribution in [0.1, 0.15) is 30.4 Å². The van der Waals surface area contributed by atoms with Crippen molar-refractivity contribution in [3.8, 4) is 5.75 Å². The molecule has 0 aromatic heterocycles. The van der Waals surface area contributed by atoms with E-state index in [1.807, 2.05) is 0 Å². The molecule has 0 bridgehead atoms. The maximum atomic E-state index is 5.54. The molecule has 1 aliphatic carbocycles. The highest BCUT2D eigenvalue weighted by atomic mass is 35.5. The lowest BCUT2D eigenvalue weighted by Gasteiger charge is -2.17. The molecule has 2 nitrogen and oxygen atoms in total. The maximum absolute atomic E-state index is 5.54. The van der Waals surface area contributed by atoms with Crippen molar-refractivity contribution in [1.82, 2.24) is 4.90 Å². The first-order valence-electron chi connectivity index (χ1n) is 6.71. The van der Waals surface area contributed by atoms with Crippen molar-refractivity contribution in [2.24, 2.45) is 5.92 Å².